The van der Waals surface area contributed by atoms with Gasteiger partial charge in [-0.05, 0) is 36.4 Å². The lowest BCUT2D eigenvalue weighted by molar-refractivity contribution is 0.594. The fraction of sp³-hybridized carbons (Fsp3) is 0.0714. The first-order valence-corrected chi connectivity index (χ1v) is 7.14. The van der Waals surface area contributed by atoms with E-state index in [9.17, 15) is 12.8 Å². The van der Waals surface area contributed by atoms with E-state index >= 15 is 0 Å². The third-order valence-corrected chi connectivity index (χ3v) is 4.68. The molecule has 2 aromatic rings. The van der Waals surface area contributed by atoms with E-state index in [4.69, 9.17) is 5.26 Å². The van der Waals surface area contributed by atoms with Crippen LogP contribution in [-0.4, -0.2) is 15.5 Å². The molecule has 0 radical (unpaired) electrons. The van der Waals surface area contributed by atoms with E-state index in [0.29, 0.717) is 5.69 Å². The standard InChI is InChI=1S/C14H11FN2O2S/c1-17(13-8-6-12(15)7-9-13)20(18,19)14-5-3-2-4-11(14)10-16/h2-9H,1H3. The first-order chi connectivity index (χ1) is 9.46. The van der Waals surface area contributed by atoms with Crippen molar-refractivity contribution in [2.45, 2.75) is 4.90 Å². The average Bonchev–Trinajstić information content (AvgIpc) is 2.47. The van der Waals surface area contributed by atoms with Gasteiger partial charge in [0, 0.05) is 7.05 Å². The van der Waals surface area contributed by atoms with Crippen LogP contribution in [0.3, 0.4) is 0 Å². The summed E-state index contributed by atoms with van der Waals surface area (Å²) >= 11 is 0. The summed E-state index contributed by atoms with van der Waals surface area (Å²) in [6.07, 6.45) is 0. The predicted molar refractivity (Wildman–Crippen MR) is 73.1 cm³/mol. The second kappa shape index (κ2) is 5.31. The molecule has 0 aliphatic heterocycles. The Hall–Kier alpha value is -2.39. The third-order valence-electron chi connectivity index (χ3n) is 2.84. The lowest BCUT2D eigenvalue weighted by Gasteiger charge is -2.20. The topological polar surface area (TPSA) is 61.2 Å². The normalized spacial score (nSPS) is 10.8. The highest BCUT2D eigenvalue weighted by atomic mass is 32.2. The van der Waals surface area contributed by atoms with Crippen molar-refractivity contribution in [2.24, 2.45) is 0 Å². The molecule has 2 rings (SSSR count). The Morgan fingerprint density at radius 2 is 1.70 bits per heavy atom. The molecule has 4 nitrogen and oxygen atoms in total. The Morgan fingerprint density at radius 1 is 1.10 bits per heavy atom. The van der Waals surface area contributed by atoms with E-state index < -0.39 is 15.8 Å². The summed E-state index contributed by atoms with van der Waals surface area (Å²) in [5.74, 6) is -0.447. The van der Waals surface area contributed by atoms with Crippen molar-refractivity contribution >= 4 is 15.7 Å². The molecule has 20 heavy (non-hydrogen) atoms. The zero-order valence-corrected chi connectivity index (χ0v) is 11.4. The molecule has 0 saturated heterocycles. The van der Waals surface area contributed by atoms with Crippen molar-refractivity contribution in [1.29, 1.82) is 5.26 Å². The molecule has 0 atom stereocenters. The fourth-order valence-corrected chi connectivity index (χ4v) is 3.06. The fourth-order valence-electron chi connectivity index (χ4n) is 1.72. The van der Waals surface area contributed by atoms with Gasteiger partial charge in [0.1, 0.15) is 16.8 Å². The highest BCUT2D eigenvalue weighted by molar-refractivity contribution is 7.92. The zero-order valence-electron chi connectivity index (χ0n) is 10.6. The summed E-state index contributed by atoms with van der Waals surface area (Å²) in [7, 11) is -2.50. The molecule has 0 aliphatic carbocycles. The van der Waals surface area contributed by atoms with Crippen molar-refractivity contribution in [3.8, 4) is 6.07 Å². The average molecular weight is 290 g/mol. The van der Waals surface area contributed by atoms with Crippen LogP contribution in [0.2, 0.25) is 0 Å². The number of sulfonamides is 1. The van der Waals surface area contributed by atoms with Gasteiger partial charge in [0.2, 0.25) is 0 Å². The van der Waals surface area contributed by atoms with Gasteiger partial charge in [-0.1, -0.05) is 12.1 Å². The molecule has 0 N–H and O–H groups in total. The molecule has 0 aromatic heterocycles. The van der Waals surface area contributed by atoms with Gasteiger partial charge < -0.3 is 0 Å². The van der Waals surface area contributed by atoms with Crippen molar-refractivity contribution in [1.82, 2.24) is 0 Å². The molecule has 0 bridgehead atoms. The third kappa shape index (κ3) is 2.49. The largest absolute Gasteiger partial charge is 0.269 e. The molecule has 0 amide bonds. The number of rotatable bonds is 3. The van der Waals surface area contributed by atoms with Gasteiger partial charge in [-0.15, -0.1) is 0 Å². The van der Waals surface area contributed by atoms with Gasteiger partial charge >= 0.3 is 0 Å². The second-order valence-electron chi connectivity index (χ2n) is 4.06. The maximum Gasteiger partial charge on any atom is 0.265 e. The maximum absolute atomic E-state index is 12.9. The van der Waals surface area contributed by atoms with Crippen LogP contribution >= 0.6 is 0 Å². The van der Waals surface area contributed by atoms with Gasteiger partial charge in [0.15, 0.2) is 0 Å². The summed E-state index contributed by atoms with van der Waals surface area (Å²) in [6.45, 7) is 0. The van der Waals surface area contributed by atoms with E-state index in [-0.39, 0.29) is 10.5 Å². The summed E-state index contributed by atoms with van der Waals surface area (Å²) in [5.41, 5.74) is 0.389. The Morgan fingerprint density at radius 3 is 2.30 bits per heavy atom. The second-order valence-corrected chi connectivity index (χ2v) is 5.99. The lowest BCUT2D eigenvalue weighted by atomic mass is 10.2. The Balaban J connectivity index is 2.50. The summed E-state index contributed by atoms with van der Waals surface area (Å²) < 4.78 is 38.9. The van der Waals surface area contributed by atoms with E-state index in [1.54, 1.807) is 12.1 Å². The molecule has 0 heterocycles. The first kappa shape index (κ1) is 14.0. The van der Waals surface area contributed by atoms with Gasteiger partial charge in [-0.25, -0.2) is 12.8 Å². The molecule has 102 valence electrons. The molecule has 0 aliphatic rings. The Kier molecular flexibility index (Phi) is 3.72. The zero-order chi connectivity index (χ0) is 14.8. The minimum Gasteiger partial charge on any atom is -0.269 e. The van der Waals surface area contributed by atoms with Crippen LogP contribution in [0.5, 0.6) is 0 Å². The number of hydrogen-bond donors (Lipinski definition) is 0. The quantitative estimate of drug-likeness (QED) is 0.872. The summed E-state index contributed by atoms with van der Waals surface area (Å²) in [5, 5.41) is 8.99. The first-order valence-electron chi connectivity index (χ1n) is 5.70. The van der Waals surface area contributed by atoms with E-state index in [2.05, 4.69) is 0 Å². The number of halogens is 1. The van der Waals surface area contributed by atoms with Crippen LogP contribution in [0.15, 0.2) is 53.4 Å². The monoisotopic (exact) mass is 290 g/mol. The number of nitriles is 1. The molecule has 0 fully saturated rings. The van der Waals surface area contributed by atoms with Crippen molar-refractivity contribution < 1.29 is 12.8 Å². The molecule has 0 saturated carbocycles. The van der Waals surface area contributed by atoms with E-state index in [0.717, 1.165) is 4.31 Å². The number of hydrogen-bond acceptors (Lipinski definition) is 3. The molecule has 0 unspecified atom stereocenters. The SMILES string of the molecule is CN(c1ccc(F)cc1)S(=O)(=O)c1ccccc1C#N. The highest BCUT2D eigenvalue weighted by Crippen LogP contribution is 2.24. The predicted octanol–water partition coefficient (Wildman–Crippen LogP) is 2.52. The number of nitrogens with zero attached hydrogens (tertiary/aromatic N) is 2. The van der Waals surface area contributed by atoms with Crippen LogP contribution in [0.4, 0.5) is 10.1 Å². The molecular formula is C14H11FN2O2S. The molecule has 6 heteroatoms. The highest BCUT2D eigenvalue weighted by Gasteiger charge is 2.24. The van der Waals surface area contributed by atoms with Gasteiger partial charge in [0.25, 0.3) is 10.0 Å². The molecule has 0 spiro atoms. The lowest BCUT2D eigenvalue weighted by Crippen LogP contribution is -2.27. The van der Waals surface area contributed by atoms with Crippen LogP contribution < -0.4 is 4.31 Å². The van der Waals surface area contributed by atoms with Crippen molar-refractivity contribution in [2.75, 3.05) is 11.4 Å². The van der Waals surface area contributed by atoms with Crippen molar-refractivity contribution in [3.63, 3.8) is 0 Å². The number of anilines is 1. The van der Waals surface area contributed by atoms with Gasteiger partial charge in [-0.2, -0.15) is 5.26 Å². The molecular weight excluding hydrogens is 279 g/mol. The minimum absolute atomic E-state index is 0.0708. The van der Waals surface area contributed by atoms with Crippen LogP contribution in [0.1, 0.15) is 5.56 Å². The van der Waals surface area contributed by atoms with Crippen LogP contribution in [-0.2, 0) is 10.0 Å². The Labute approximate surface area is 116 Å². The number of benzene rings is 2. The molecule has 2 aromatic carbocycles. The van der Waals surface area contributed by atoms with Gasteiger partial charge in [0.05, 0.1) is 11.3 Å². The van der Waals surface area contributed by atoms with Crippen molar-refractivity contribution in [3.05, 3.63) is 59.9 Å². The van der Waals surface area contributed by atoms with E-state index in [1.165, 1.54) is 43.4 Å². The maximum atomic E-state index is 12.9. The smallest absolute Gasteiger partial charge is 0.265 e. The van der Waals surface area contributed by atoms with E-state index in [1.807, 2.05) is 6.07 Å². The minimum atomic E-state index is -3.86. The summed E-state index contributed by atoms with van der Waals surface area (Å²) in [6, 6.07) is 12.9. The van der Waals surface area contributed by atoms with Crippen LogP contribution in [0, 0.1) is 17.1 Å². The Bertz CT molecular complexity index is 765. The van der Waals surface area contributed by atoms with Gasteiger partial charge in [-0.3, -0.25) is 4.31 Å². The van der Waals surface area contributed by atoms with Crippen LogP contribution in [0.25, 0.3) is 0 Å². The summed E-state index contributed by atoms with van der Waals surface area (Å²) in [4.78, 5) is -0.0747.